The lowest BCUT2D eigenvalue weighted by Gasteiger charge is -2.12. The topological polar surface area (TPSA) is 123 Å². The average molecular weight is 465 g/mol. The molecule has 0 bridgehead atoms. The second kappa shape index (κ2) is 9.45. The number of rotatable bonds is 8. The molecule has 0 aliphatic carbocycles. The second-order valence-corrected chi connectivity index (χ2v) is 9.78. The molecular weight excluding hydrogens is 443 g/mol. The predicted molar refractivity (Wildman–Crippen MR) is 116 cm³/mol. The second-order valence-electron chi connectivity index (χ2n) is 6.69. The van der Waals surface area contributed by atoms with E-state index in [0.717, 1.165) is 16.1 Å². The molecule has 0 spiro atoms. The van der Waals surface area contributed by atoms with Gasteiger partial charge in [0.05, 0.1) is 10.6 Å². The molecule has 0 radical (unpaired) electrons. The van der Waals surface area contributed by atoms with Crippen molar-refractivity contribution in [2.45, 2.75) is 16.5 Å². The molecule has 9 nitrogen and oxygen atoms in total. The molecule has 3 N–H and O–H groups in total. The Hall–Kier alpha value is -2.96. The lowest BCUT2D eigenvalue weighted by Crippen LogP contribution is -2.22. The molecule has 31 heavy (non-hydrogen) atoms. The molecule has 0 saturated carbocycles. The molecule has 0 unspecified atom stereocenters. The Morgan fingerprint density at radius 3 is 2.48 bits per heavy atom. The molecule has 0 fully saturated rings. The number of anilines is 1. The molecule has 1 aromatic heterocycles. The third-order valence-electron chi connectivity index (χ3n) is 4.29. The molecular formula is C19H21FN6O3S2. The van der Waals surface area contributed by atoms with Crippen molar-refractivity contribution in [2.24, 2.45) is 0 Å². The molecule has 0 saturated heterocycles. The van der Waals surface area contributed by atoms with Crippen molar-refractivity contribution in [3.63, 3.8) is 0 Å². The van der Waals surface area contributed by atoms with Gasteiger partial charge in [-0.25, -0.2) is 21.8 Å². The number of hydrogen-bond acceptors (Lipinski definition) is 7. The highest BCUT2D eigenvalue weighted by Crippen LogP contribution is 2.19. The molecule has 12 heteroatoms. The van der Waals surface area contributed by atoms with Crippen LogP contribution in [0.5, 0.6) is 0 Å². The fraction of sp³-hybridized carbons (Fsp3) is 0.211. The summed E-state index contributed by atoms with van der Waals surface area (Å²) in [5.41, 5.74) is 0.897. The summed E-state index contributed by atoms with van der Waals surface area (Å²) in [6, 6.07) is 12.2. The zero-order chi connectivity index (χ0) is 22.6. The minimum atomic E-state index is -3.54. The van der Waals surface area contributed by atoms with Gasteiger partial charge < -0.3 is 11.2 Å². The normalized spacial score (nSPS) is 11.6. The summed E-state index contributed by atoms with van der Waals surface area (Å²) < 4.78 is 40.3. The summed E-state index contributed by atoms with van der Waals surface area (Å²) in [4.78, 5) is 12.4. The maximum atomic E-state index is 13.8. The van der Waals surface area contributed by atoms with Crippen LogP contribution in [0.2, 0.25) is 0 Å². The number of nitrogens with two attached hydrogens (primary N) is 1. The average Bonchev–Trinajstić information content (AvgIpc) is 3.08. The van der Waals surface area contributed by atoms with Crippen LogP contribution in [0.15, 0.2) is 58.6 Å². The molecule has 0 aliphatic heterocycles. The molecule has 1 amide bonds. The fourth-order valence-corrected chi connectivity index (χ4v) is 4.16. The van der Waals surface area contributed by atoms with E-state index >= 15 is 0 Å². The van der Waals surface area contributed by atoms with Gasteiger partial charge in [0.15, 0.2) is 5.82 Å². The highest BCUT2D eigenvalue weighted by atomic mass is 32.2. The first-order valence-electron chi connectivity index (χ1n) is 9.06. The first kappa shape index (κ1) is 22.7. The van der Waals surface area contributed by atoms with Gasteiger partial charge in [-0.2, -0.15) is 0 Å². The van der Waals surface area contributed by atoms with E-state index in [0.29, 0.717) is 22.2 Å². The summed E-state index contributed by atoms with van der Waals surface area (Å²) in [6.45, 7) is 0. The van der Waals surface area contributed by atoms with Gasteiger partial charge in [0.1, 0.15) is 5.82 Å². The zero-order valence-corrected chi connectivity index (χ0v) is 18.5. The standard InChI is InChI=1S/C19H21FN6O3S2/c1-25(2)31(28,29)15-9-7-14(8-10-15)22-18(27)12-30-19-24-23-17(26(19)21)11-13-5-3-4-6-16(13)20/h3-10H,11-12,21H2,1-2H3,(H,22,27). The first-order valence-corrected chi connectivity index (χ1v) is 11.5. The maximum absolute atomic E-state index is 13.8. The fourth-order valence-electron chi connectivity index (χ4n) is 2.59. The Kier molecular flexibility index (Phi) is 6.93. The van der Waals surface area contributed by atoms with Gasteiger partial charge in [-0.05, 0) is 35.9 Å². The number of halogens is 1. The van der Waals surface area contributed by atoms with Crippen molar-refractivity contribution >= 4 is 33.4 Å². The van der Waals surface area contributed by atoms with Crippen molar-refractivity contribution in [3.8, 4) is 0 Å². The minimum absolute atomic E-state index is 0.00673. The number of carbonyl (C=O) groups is 1. The van der Waals surface area contributed by atoms with E-state index in [9.17, 15) is 17.6 Å². The van der Waals surface area contributed by atoms with E-state index in [1.165, 1.54) is 49.1 Å². The van der Waals surface area contributed by atoms with E-state index in [2.05, 4.69) is 15.5 Å². The quantitative estimate of drug-likeness (QED) is 0.384. The lowest BCUT2D eigenvalue weighted by molar-refractivity contribution is -0.113. The lowest BCUT2D eigenvalue weighted by atomic mass is 10.1. The number of hydrogen-bond donors (Lipinski definition) is 2. The molecule has 164 valence electrons. The summed E-state index contributed by atoms with van der Waals surface area (Å²) >= 11 is 1.08. The third kappa shape index (κ3) is 5.40. The van der Waals surface area contributed by atoms with Gasteiger partial charge in [0, 0.05) is 26.2 Å². The van der Waals surface area contributed by atoms with Crippen molar-refractivity contribution in [3.05, 3.63) is 65.7 Å². The number of amides is 1. The highest BCUT2D eigenvalue weighted by molar-refractivity contribution is 7.99. The van der Waals surface area contributed by atoms with Crippen LogP contribution in [0.3, 0.4) is 0 Å². The van der Waals surface area contributed by atoms with Gasteiger partial charge in [0.25, 0.3) is 0 Å². The number of nitrogens with one attached hydrogen (secondary N) is 1. The van der Waals surface area contributed by atoms with E-state index in [1.807, 2.05) is 0 Å². The Labute approximate surface area is 183 Å². The number of thioether (sulfide) groups is 1. The van der Waals surface area contributed by atoms with Crippen molar-refractivity contribution in [1.82, 2.24) is 19.2 Å². The Morgan fingerprint density at radius 1 is 1.16 bits per heavy atom. The zero-order valence-electron chi connectivity index (χ0n) is 16.8. The number of sulfonamides is 1. The third-order valence-corrected chi connectivity index (χ3v) is 7.06. The monoisotopic (exact) mass is 464 g/mol. The van der Waals surface area contributed by atoms with Crippen molar-refractivity contribution in [1.29, 1.82) is 0 Å². The minimum Gasteiger partial charge on any atom is -0.336 e. The van der Waals surface area contributed by atoms with Crippen LogP contribution < -0.4 is 11.2 Å². The summed E-state index contributed by atoms with van der Waals surface area (Å²) in [5, 5.41) is 10.9. The number of nitrogens with zero attached hydrogens (tertiary/aromatic N) is 4. The van der Waals surface area contributed by atoms with Crippen LogP contribution in [0.1, 0.15) is 11.4 Å². The van der Waals surface area contributed by atoms with Crippen LogP contribution >= 0.6 is 11.8 Å². The molecule has 3 aromatic rings. The Morgan fingerprint density at radius 2 is 1.84 bits per heavy atom. The predicted octanol–water partition coefficient (Wildman–Crippen LogP) is 1.70. The van der Waals surface area contributed by atoms with Crippen molar-refractivity contribution in [2.75, 3.05) is 31.0 Å². The maximum Gasteiger partial charge on any atom is 0.242 e. The van der Waals surface area contributed by atoms with Gasteiger partial charge in [-0.3, -0.25) is 4.79 Å². The largest absolute Gasteiger partial charge is 0.336 e. The molecule has 1 heterocycles. The van der Waals surface area contributed by atoms with Crippen LogP contribution in [0.4, 0.5) is 10.1 Å². The summed E-state index contributed by atoms with van der Waals surface area (Å²) in [6.07, 6.45) is 0.172. The molecule has 0 aliphatic rings. The van der Waals surface area contributed by atoms with Crippen LogP contribution in [-0.4, -0.2) is 53.4 Å². The molecule has 0 atom stereocenters. The Bertz CT molecular complexity index is 1180. The number of nitrogen functional groups attached to an aromatic ring is 1. The molecule has 2 aromatic carbocycles. The van der Waals surface area contributed by atoms with Gasteiger partial charge >= 0.3 is 0 Å². The Balaban J connectivity index is 1.58. The summed E-state index contributed by atoms with van der Waals surface area (Å²) in [7, 11) is -0.646. The highest BCUT2D eigenvalue weighted by Gasteiger charge is 2.17. The van der Waals surface area contributed by atoms with Crippen LogP contribution in [0, 0.1) is 5.82 Å². The number of aromatic nitrogens is 3. The molecule has 3 rings (SSSR count). The number of carbonyl (C=O) groups excluding carboxylic acids is 1. The number of benzene rings is 2. The van der Waals surface area contributed by atoms with Crippen LogP contribution in [-0.2, 0) is 21.2 Å². The SMILES string of the molecule is CN(C)S(=O)(=O)c1ccc(NC(=O)CSc2nnc(Cc3ccccc3F)n2N)cc1. The van der Waals surface area contributed by atoms with Crippen LogP contribution in [0.25, 0.3) is 0 Å². The van der Waals surface area contributed by atoms with Crippen molar-refractivity contribution < 1.29 is 17.6 Å². The van der Waals surface area contributed by atoms with E-state index in [4.69, 9.17) is 5.84 Å². The van der Waals surface area contributed by atoms with E-state index in [-0.39, 0.29) is 28.8 Å². The smallest absolute Gasteiger partial charge is 0.242 e. The first-order chi connectivity index (χ1) is 14.7. The summed E-state index contributed by atoms with van der Waals surface area (Å²) in [5.74, 6) is 5.67. The van der Waals surface area contributed by atoms with E-state index < -0.39 is 10.0 Å². The van der Waals surface area contributed by atoms with Gasteiger partial charge in [0.2, 0.25) is 21.1 Å². The van der Waals surface area contributed by atoms with E-state index in [1.54, 1.807) is 18.2 Å². The van der Waals surface area contributed by atoms with Gasteiger partial charge in [-0.15, -0.1) is 10.2 Å². The van der Waals surface area contributed by atoms with Gasteiger partial charge in [-0.1, -0.05) is 30.0 Å².